The monoisotopic (exact) mass is 280 g/mol. The van der Waals surface area contributed by atoms with Gasteiger partial charge in [-0.2, -0.15) is 0 Å². The maximum atomic E-state index is 11.7. The highest BCUT2D eigenvalue weighted by Crippen LogP contribution is 2.21. The van der Waals surface area contributed by atoms with Crippen molar-refractivity contribution in [3.05, 3.63) is 23.8 Å². The average Bonchev–Trinajstić information content (AvgIpc) is 2.36. The summed E-state index contributed by atoms with van der Waals surface area (Å²) >= 11 is 0. The second-order valence-electron chi connectivity index (χ2n) is 4.93. The van der Waals surface area contributed by atoms with E-state index in [1.807, 2.05) is 6.92 Å². The fraction of sp³-hybridized carbons (Fsp3) is 0.385. The van der Waals surface area contributed by atoms with E-state index in [2.05, 4.69) is 10.6 Å². The molecule has 7 nitrogen and oxygen atoms in total. The number of anilines is 1. The molecule has 2 rings (SSSR count). The van der Waals surface area contributed by atoms with Gasteiger partial charge in [0.05, 0.1) is 5.60 Å². The molecule has 1 aromatic rings. The second kappa shape index (κ2) is 5.48. The standard InChI is InChI=1S/C13H16N2O5/c1-13(6-14-7-13)20-5-11(17)15-8-2-3-10(16)9(4-8)12(18)19/h2-4,14,16H,5-7H2,1H3,(H,15,17)(H,18,19). The third-order valence-corrected chi connectivity index (χ3v) is 3.06. The van der Waals surface area contributed by atoms with E-state index in [4.69, 9.17) is 9.84 Å². The van der Waals surface area contributed by atoms with Gasteiger partial charge in [-0.3, -0.25) is 4.79 Å². The SMILES string of the molecule is CC1(OCC(=O)Nc2ccc(O)c(C(=O)O)c2)CNC1. The van der Waals surface area contributed by atoms with Gasteiger partial charge in [-0.25, -0.2) is 4.79 Å². The molecule has 4 N–H and O–H groups in total. The van der Waals surface area contributed by atoms with Crippen molar-refractivity contribution in [1.82, 2.24) is 5.32 Å². The van der Waals surface area contributed by atoms with Crippen LogP contribution in [0.5, 0.6) is 5.75 Å². The van der Waals surface area contributed by atoms with Crippen LogP contribution in [-0.4, -0.2) is 47.4 Å². The van der Waals surface area contributed by atoms with E-state index < -0.39 is 5.97 Å². The van der Waals surface area contributed by atoms with Gasteiger partial charge >= 0.3 is 5.97 Å². The smallest absolute Gasteiger partial charge is 0.339 e. The summed E-state index contributed by atoms with van der Waals surface area (Å²) < 4.78 is 5.46. The van der Waals surface area contributed by atoms with Crippen molar-refractivity contribution in [2.24, 2.45) is 0 Å². The lowest BCUT2D eigenvalue weighted by atomic mass is 10.0. The molecule has 1 aliphatic rings. The molecule has 1 aliphatic heterocycles. The first-order valence-electron chi connectivity index (χ1n) is 6.10. The Balaban J connectivity index is 1.94. The number of hydrogen-bond acceptors (Lipinski definition) is 5. The predicted octanol–water partition coefficient (Wildman–Crippen LogP) is 0.407. The number of nitrogens with one attached hydrogen (secondary N) is 2. The summed E-state index contributed by atoms with van der Waals surface area (Å²) in [7, 11) is 0. The summed E-state index contributed by atoms with van der Waals surface area (Å²) in [4.78, 5) is 22.6. The molecule has 0 saturated carbocycles. The predicted molar refractivity (Wildman–Crippen MR) is 70.9 cm³/mol. The normalized spacial score (nSPS) is 16.2. The zero-order valence-electron chi connectivity index (χ0n) is 11.0. The van der Waals surface area contributed by atoms with Crippen LogP contribution in [0.4, 0.5) is 5.69 Å². The van der Waals surface area contributed by atoms with Crippen LogP contribution in [0, 0.1) is 0 Å². The number of carbonyl (C=O) groups is 2. The summed E-state index contributed by atoms with van der Waals surface area (Å²) in [5.74, 6) is -1.98. The first-order chi connectivity index (χ1) is 9.39. The van der Waals surface area contributed by atoms with Crippen LogP contribution in [0.1, 0.15) is 17.3 Å². The fourth-order valence-electron chi connectivity index (χ4n) is 1.80. The molecular weight excluding hydrogens is 264 g/mol. The first-order valence-corrected chi connectivity index (χ1v) is 6.10. The van der Waals surface area contributed by atoms with Gasteiger partial charge in [-0.15, -0.1) is 0 Å². The Kier molecular flexibility index (Phi) is 3.91. The molecule has 0 bridgehead atoms. The van der Waals surface area contributed by atoms with Gasteiger partial charge in [-0.05, 0) is 25.1 Å². The van der Waals surface area contributed by atoms with Crippen molar-refractivity contribution in [3.63, 3.8) is 0 Å². The molecule has 0 aromatic heterocycles. The molecule has 1 amide bonds. The van der Waals surface area contributed by atoms with Crippen molar-refractivity contribution in [1.29, 1.82) is 0 Å². The maximum Gasteiger partial charge on any atom is 0.339 e. The first kappa shape index (κ1) is 14.3. The zero-order chi connectivity index (χ0) is 14.8. The summed E-state index contributed by atoms with van der Waals surface area (Å²) in [6, 6.07) is 3.84. The van der Waals surface area contributed by atoms with E-state index in [9.17, 15) is 14.7 Å². The van der Waals surface area contributed by atoms with E-state index in [0.29, 0.717) is 18.8 Å². The number of aromatic hydroxyl groups is 1. The number of amides is 1. The Morgan fingerprint density at radius 3 is 2.70 bits per heavy atom. The number of hydrogen-bond donors (Lipinski definition) is 4. The highest BCUT2D eigenvalue weighted by Gasteiger charge is 2.33. The van der Waals surface area contributed by atoms with Gasteiger partial charge in [0.1, 0.15) is 17.9 Å². The van der Waals surface area contributed by atoms with Gasteiger partial charge in [0.25, 0.3) is 0 Å². The highest BCUT2D eigenvalue weighted by molar-refractivity contribution is 5.96. The van der Waals surface area contributed by atoms with E-state index >= 15 is 0 Å². The Morgan fingerprint density at radius 1 is 1.45 bits per heavy atom. The lowest BCUT2D eigenvalue weighted by Gasteiger charge is -2.38. The van der Waals surface area contributed by atoms with Crippen LogP contribution >= 0.6 is 0 Å². The van der Waals surface area contributed by atoms with Crippen LogP contribution in [0.15, 0.2) is 18.2 Å². The van der Waals surface area contributed by atoms with Crippen LogP contribution in [-0.2, 0) is 9.53 Å². The van der Waals surface area contributed by atoms with Crippen molar-refractivity contribution in [3.8, 4) is 5.75 Å². The van der Waals surface area contributed by atoms with Crippen LogP contribution in [0.25, 0.3) is 0 Å². The van der Waals surface area contributed by atoms with Crippen LogP contribution in [0.3, 0.4) is 0 Å². The number of carboxylic acid groups (broad SMARTS) is 1. The third-order valence-electron chi connectivity index (χ3n) is 3.06. The summed E-state index contributed by atoms with van der Waals surface area (Å²) in [6.45, 7) is 3.19. The highest BCUT2D eigenvalue weighted by atomic mass is 16.5. The summed E-state index contributed by atoms with van der Waals surface area (Å²) in [5, 5.41) is 23.8. The molecule has 108 valence electrons. The number of rotatable bonds is 5. The van der Waals surface area contributed by atoms with E-state index in [0.717, 1.165) is 0 Å². The number of aromatic carboxylic acids is 1. The summed E-state index contributed by atoms with van der Waals surface area (Å²) in [6.07, 6.45) is 0. The van der Waals surface area contributed by atoms with E-state index in [1.54, 1.807) is 0 Å². The Morgan fingerprint density at radius 2 is 2.15 bits per heavy atom. The lowest BCUT2D eigenvalue weighted by Crippen LogP contribution is -2.59. The lowest BCUT2D eigenvalue weighted by molar-refractivity contribution is -0.130. The number of carbonyl (C=O) groups excluding carboxylic acids is 1. The Hall–Kier alpha value is -2.12. The number of carboxylic acids is 1. The van der Waals surface area contributed by atoms with Gasteiger partial charge in [-0.1, -0.05) is 0 Å². The minimum absolute atomic E-state index is 0.110. The fourth-order valence-corrected chi connectivity index (χ4v) is 1.80. The second-order valence-corrected chi connectivity index (χ2v) is 4.93. The molecule has 1 fully saturated rings. The molecule has 0 spiro atoms. The van der Waals surface area contributed by atoms with Crippen molar-refractivity contribution < 1.29 is 24.5 Å². The largest absolute Gasteiger partial charge is 0.507 e. The molecule has 0 radical (unpaired) electrons. The van der Waals surface area contributed by atoms with Crippen molar-refractivity contribution >= 4 is 17.6 Å². The zero-order valence-corrected chi connectivity index (χ0v) is 11.0. The number of ether oxygens (including phenoxy) is 1. The summed E-state index contributed by atoms with van der Waals surface area (Å²) in [5.41, 5.74) is -0.289. The third kappa shape index (κ3) is 3.25. The minimum Gasteiger partial charge on any atom is -0.507 e. The molecule has 0 unspecified atom stereocenters. The average molecular weight is 280 g/mol. The molecule has 1 saturated heterocycles. The molecule has 7 heteroatoms. The van der Waals surface area contributed by atoms with Crippen LogP contribution < -0.4 is 10.6 Å². The number of benzene rings is 1. The van der Waals surface area contributed by atoms with Crippen LogP contribution in [0.2, 0.25) is 0 Å². The number of phenols is 1. The topological polar surface area (TPSA) is 108 Å². The molecule has 20 heavy (non-hydrogen) atoms. The maximum absolute atomic E-state index is 11.7. The molecule has 0 atom stereocenters. The quantitative estimate of drug-likeness (QED) is 0.582. The Bertz CT molecular complexity index is 540. The molecular formula is C13H16N2O5. The van der Waals surface area contributed by atoms with Crippen molar-refractivity contribution in [2.45, 2.75) is 12.5 Å². The minimum atomic E-state index is -1.26. The van der Waals surface area contributed by atoms with Gasteiger partial charge in [0.2, 0.25) is 5.91 Å². The molecule has 0 aliphatic carbocycles. The molecule has 1 aromatic carbocycles. The van der Waals surface area contributed by atoms with Gasteiger partial charge in [0, 0.05) is 18.8 Å². The van der Waals surface area contributed by atoms with Gasteiger partial charge < -0.3 is 25.6 Å². The van der Waals surface area contributed by atoms with Gasteiger partial charge in [0.15, 0.2) is 0 Å². The van der Waals surface area contributed by atoms with E-state index in [1.165, 1.54) is 18.2 Å². The van der Waals surface area contributed by atoms with E-state index in [-0.39, 0.29) is 29.4 Å². The van der Waals surface area contributed by atoms with Crippen molar-refractivity contribution in [2.75, 3.05) is 25.0 Å². The molecule has 1 heterocycles. The Labute approximate surface area is 115 Å².